The van der Waals surface area contributed by atoms with Crippen LogP contribution in [0, 0.1) is 6.92 Å². The fourth-order valence-electron chi connectivity index (χ4n) is 4.41. The van der Waals surface area contributed by atoms with Gasteiger partial charge in [-0.15, -0.1) is 0 Å². The number of ketones is 1. The number of nitrogens with zero attached hydrogens (tertiary/aromatic N) is 2. The van der Waals surface area contributed by atoms with Crippen LogP contribution in [0.5, 0.6) is 5.75 Å². The van der Waals surface area contributed by atoms with E-state index in [2.05, 4.69) is 18.8 Å². The normalized spacial score (nSPS) is 17.3. The minimum absolute atomic E-state index is 0.0879. The summed E-state index contributed by atoms with van der Waals surface area (Å²) in [5.41, 5.74) is 4.16. The Kier molecular flexibility index (Phi) is 7.01. The third-order valence-corrected chi connectivity index (χ3v) is 6.31. The van der Waals surface area contributed by atoms with Gasteiger partial charge in [0, 0.05) is 24.5 Å². The number of hydrogen-bond donors (Lipinski definition) is 1. The summed E-state index contributed by atoms with van der Waals surface area (Å²) >= 11 is 0. The highest BCUT2D eigenvalue weighted by Crippen LogP contribution is 2.41. The lowest BCUT2D eigenvalue weighted by Gasteiger charge is -2.26. The SMILES string of the molecule is CCOc1ccc(/C(O)=C2/C(=O)C(=O)N(Cc3ccncc3)C2c2ccc(C(C)C)cc2)cc1C. The van der Waals surface area contributed by atoms with Crippen molar-refractivity contribution in [3.8, 4) is 5.75 Å². The zero-order valence-electron chi connectivity index (χ0n) is 20.5. The molecule has 1 amide bonds. The first kappa shape index (κ1) is 24.2. The minimum Gasteiger partial charge on any atom is -0.507 e. The zero-order chi connectivity index (χ0) is 25.1. The fourth-order valence-corrected chi connectivity index (χ4v) is 4.41. The predicted molar refractivity (Wildman–Crippen MR) is 135 cm³/mol. The first-order valence-corrected chi connectivity index (χ1v) is 11.8. The molecule has 1 atom stereocenters. The van der Waals surface area contributed by atoms with Crippen LogP contribution >= 0.6 is 0 Å². The molecule has 1 unspecified atom stereocenters. The van der Waals surface area contributed by atoms with Crippen LogP contribution in [0.25, 0.3) is 5.76 Å². The average Bonchev–Trinajstić information content (AvgIpc) is 3.10. The van der Waals surface area contributed by atoms with E-state index in [4.69, 9.17) is 4.74 Å². The Morgan fingerprint density at radius 2 is 1.74 bits per heavy atom. The third-order valence-electron chi connectivity index (χ3n) is 6.31. The largest absolute Gasteiger partial charge is 0.507 e. The second-order valence-corrected chi connectivity index (χ2v) is 9.02. The summed E-state index contributed by atoms with van der Waals surface area (Å²) in [6.07, 6.45) is 3.31. The van der Waals surface area contributed by atoms with Gasteiger partial charge in [0.15, 0.2) is 0 Å². The number of amides is 1. The highest BCUT2D eigenvalue weighted by molar-refractivity contribution is 6.46. The van der Waals surface area contributed by atoms with Crippen LogP contribution in [0.4, 0.5) is 0 Å². The van der Waals surface area contributed by atoms with E-state index >= 15 is 0 Å². The smallest absolute Gasteiger partial charge is 0.295 e. The Labute approximate surface area is 205 Å². The summed E-state index contributed by atoms with van der Waals surface area (Å²) in [7, 11) is 0. The lowest BCUT2D eigenvalue weighted by atomic mass is 9.93. The van der Waals surface area contributed by atoms with Gasteiger partial charge in [-0.3, -0.25) is 14.6 Å². The monoisotopic (exact) mass is 470 g/mol. The average molecular weight is 471 g/mol. The number of aryl methyl sites for hydroxylation is 1. The van der Waals surface area contributed by atoms with Crippen LogP contribution in [0.1, 0.15) is 60.5 Å². The number of aliphatic hydroxyl groups excluding tert-OH is 1. The van der Waals surface area contributed by atoms with Gasteiger partial charge >= 0.3 is 0 Å². The molecule has 1 N–H and O–H groups in total. The molecule has 6 heteroatoms. The van der Waals surface area contributed by atoms with Crippen molar-refractivity contribution in [2.24, 2.45) is 0 Å². The number of rotatable bonds is 7. The second kappa shape index (κ2) is 10.1. The lowest BCUT2D eigenvalue weighted by molar-refractivity contribution is -0.140. The van der Waals surface area contributed by atoms with Crippen LogP contribution in [0.15, 0.2) is 72.6 Å². The summed E-state index contributed by atoms with van der Waals surface area (Å²) in [5, 5.41) is 11.3. The molecule has 0 saturated carbocycles. The van der Waals surface area contributed by atoms with Gasteiger partial charge < -0.3 is 14.7 Å². The number of hydrogen-bond acceptors (Lipinski definition) is 5. The minimum atomic E-state index is -0.712. The predicted octanol–water partition coefficient (Wildman–Crippen LogP) is 5.53. The van der Waals surface area contributed by atoms with E-state index in [9.17, 15) is 14.7 Å². The molecule has 0 aliphatic carbocycles. The molecule has 1 aliphatic rings. The van der Waals surface area contributed by atoms with Gasteiger partial charge in [-0.25, -0.2) is 0 Å². The Hall–Kier alpha value is -3.93. The molecule has 2 aromatic carbocycles. The molecule has 1 aromatic heterocycles. The van der Waals surface area contributed by atoms with Crippen LogP contribution in [0.3, 0.4) is 0 Å². The number of benzene rings is 2. The fraction of sp³-hybridized carbons (Fsp3) is 0.276. The molecule has 6 nitrogen and oxygen atoms in total. The number of ether oxygens (including phenoxy) is 1. The Balaban J connectivity index is 1.84. The van der Waals surface area contributed by atoms with Gasteiger partial charge in [0.25, 0.3) is 11.7 Å². The van der Waals surface area contributed by atoms with E-state index in [1.807, 2.05) is 50.2 Å². The van der Waals surface area contributed by atoms with E-state index < -0.39 is 17.7 Å². The molecule has 180 valence electrons. The van der Waals surface area contributed by atoms with Crippen molar-refractivity contribution in [3.05, 3.63) is 100 Å². The summed E-state index contributed by atoms with van der Waals surface area (Å²) in [4.78, 5) is 32.1. The number of carbonyl (C=O) groups excluding carboxylic acids is 2. The molecule has 2 heterocycles. The van der Waals surface area contributed by atoms with Gasteiger partial charge in [0.05, 0.1) is 18.2 Å². The number of likely N-dealkylation sites (tertiary alicyclic amines) is 1. The Morgan fingerprint density at radius 3 is 2.34 bits per heavy atom. The van der Waals surface area contributed by atoms with Crippen LogP contribution < -0.4 is 4.74 Å². The number of aromatic nitrogens is 1. The Bertz CT molecular complexity index is 1260. The molecule has 1 aliphatic heterocycles. The van der Waals surface area contributed by atoms with Gasteiger partial charge in [0.2, 0.25) is 0 Å². The highest BCUT2D eigenvalue weighted by atomic mass is 16.5. The molecule has 4 rings (SSSR count). The maximum atomic E-state index is 13.3. The topological polar surface area (TPSA) is 79.7 Å². The van der Waals surface area contributed by atoms with Crippen molar-refractivity contribution < 1.29 is 19.4 Å². The van der Waals surface area contributed by atoms with E-state index in [1.54, 1.807) is 30.6 Å². The van der Waals surface area contributed by atoms with Crippen LogP contribution in [-0.2, 0) is 16.1 Å². The van der Waals surface area contributed by atoms with E-state index in [-0.39, 0.29) is 17.9 Å². The summed E-state index contributed by atoms with van der Waals surface area (Å²) in [6.45, 7) is 8.76. The molecule has 35 heavy (non-hydrogen) atoms. The van der Waals surface area contributed by atoms with Crippen LogP contribution in [-0.4, -0.2) is 33.3 Å². The molecule has 0 bridgehead atoms. The van der Waals surface area contributed by atoms with E-state index in [0.29, 0.717) is 23.8 Å². The van der Waals surface area contributed by atoms with Crippen molar-refractivity contribution in [1.29, 1.82) is 0 Å². The number of Topliss-reactive ketones (excluding diaryl/α,β-unsaturated/α-hetero) is 1. The number of aliphatic hydroxyl groups is 1. The van der Waals surface area contributed by atoms with Crippen LogP contribution in [0.2, 0.25) is 0 Å². The highest BCUT2D eigenvalue weighted by Gasteiger charge is 2.46. The van der Waals surface area contributed by atoms with Crippen molar-refractivity contribution in [1.82, 2.24) is 9.88 Å². The molecule has 0 spiro atoms. The molecular formula is C29H30N2O4. The summed E-state index contributed by atoms with van der Waals surface area (Å²) < 4.78 is 5.61. The number of carbonyl (C=O) groups is 2. The molecule has 0 radical (unpaired) electrons. The van der Waals surface area contributed by atoms with Crippen molar-refractivity contribution in [2.45, 2.75) is 46.2 Å². The molecule has 1 saturated heterocycles. The maximum absolute atomic E-state index is 13.3. The Morgan fingerprint density at radius 1 is 1.06 bits per heavy atom. The molecular weight excluding hydrogens is 440 g/mol. The standard InChI is InChI=1S/C29H30N2O4/c1-5-35-24-11-10-23(16-19(24)4)27(32)25-26(22-8-6-21(7-9-22)18(2)3)31(29(34)28(25)33)17-20-12-14-30-15-13-20/h6-16,18,26,32H,5,17H2,1-4H3/b27-25-. The van der Waals surface area contributed by atoms with Gasteiger partial charge in [-0.2, -0.15) is 0 Å². The summed E-state index contributed by atoms with van der Waals surface area (Å²) in [5.74, 6) is -0.461. The van der Waals surface area contributed by atoms with Crippen molar-refractivity contribution in [3.63, 3.8) is 0 Å². The maximum Gasteiger partial charge on any atom is 0.295 e. The van der Waals surface area contributed by atoms with E-state index in [0.717, 1.165) is 22.3 Å². The second-order valence-electron chi connectivity index (χ2n) is 9.02. The lowest BCUT2D eigenvalue weighted by Crippen LogP contribution is -2.29. The first-order chi connectivity index (χ1) is 16.8. The van der Waals surface area contributed by atoms with Crippen molar-refractivity contribution >= 4 is 17.4 Å². The zero-order valence-corrected chi connectivity index (χ0v) is 20.5. The number of pyridine rings is 1. The summed E-state index contributed by atoms with van der Waals surface area (Å²) in [6, 6.07) is 16.1. The quantitative estimate of drug-likeness (QED) is 0.279. The van der Waals surface area contributed by atoms with E-state index in [1.165, 1.54) is 4.90 Å². The van der Waals surface area contributed by atoms with Crippen molar-refractivity contribution in [2.75, 3.05) is 6.61 Å². The first-order valence-electron chi connectivity index (χ1n) is 11.8. The third kappa shape index (κ3) is 4.83. The van der Waals surface area contributed by atoms with Gasteiger partial charge in [0.1, 0.15) is 11.5 Å². The van der Waals surface area contributed by atoms with Gasteiger partial charge in [-0.1, -0.05) is 38.1 Å². The molecule has 1 fully saturated rings. The molecule has 3 aromatic rings. The van der Waals surface area contributed by atoms with Gasteiger partial charge in [-0.05, 0) is 72.4 Å².